The Morgan fingerprint density at radius 1 is 1.19 bits per heavy atom. The molecule has 0 saturated carbocycles. The molecule has 1 heterocycles. The molecule has 2 aromatic carbocycles. The predicted octanol–water partition coefficient (Wildman–Crippen LogP) is 4.12. The highest BCUT2D eigenvalue weighted by Crippen LogP contribution is 2.32. The number of carbonyl (C=O) groups is 1. The number of nitrogens with one attached hydrogen (secondary N) is 1. The normalized spacial score (nSPS) is 16.8. The minimum Gasteiger partial charge on any atom is -0.493 e. The molecule has 0 radical (unpaired) electrons. The first-order valence-corrected chi connectivity index (χ1v) is 8.76. The van der Waals surface area contributed by atoms with Crippen LogP contribution >= 0.6 is 11.8 Å². The van der Waals surface area contributed by atoms with Crippen molar-refractivity contribution in [3.63, 3.8) is 0 Å². The highest BCUT2D eigenvalue weighted by atomic mass is 32.2. The molecule has 1 amide bonds. The number of halogens is 1. The zero-order chi connectivity index (χ0) is 18.5. The van der Waals surface area contributed by atoms with Crippen LogP contribution in [0.2, 0.25) is 0 Å². The van der Waals surface area contributed by atoms with Gasteiger partial charge in [0.15, 0.2) is 16.7 Å². The number of thioether (sulfide) groups is 1. The molecule has 1 saturated heterocycles. The quantitative estimate of drug-likeness (QED) is 0.802. The van der Waals surface area contributed by atoms with E-state index in [2.05, 4.69) is 10.3 Å². The van der Waals surface area contributed by atoms with E-state index in [0.29, 0.717) is 33.9 Å². The first kappa shape index (κ1) is 18.0. The number of hydrogen-bond acceptors (Lipinski definition) is 5. The summed E-state index contributed by atoms with van der Waals surface area (Å²) in [5.41, 5.74) is 1.38. The minimum atomic E-state index is -0.331. The lowest BCUT2D eigenvalue weighted by Gasteiger charge is -2.09. The van der Waals surface area contributed by atoms with Crippen LogP contribution in [0.3, 0.4) is 0 Å². The number of nitrogens with zero attached hydrogens (tertiary/aromatic N) is 1. The molecular formula is C19H17FN2O3S. The van der Waals surface area contributed by atoms with Crippen LogP contribution in [0, 0.1) is 5.82 Å². The van der Waals surface area contributed by atoms with Gasteiger partial charge in [-0.05, 0) is 66.7 Å². The lowest BCUT2D eigenvalue weighted by atomic mass is 10.2. The standard InChI is InChI=1S/C19H17FN2O3S/c1-3-25-15-9-4-12(10-16(15)24-2)11-17-18(23)22-19(26-17)21-14-7-5-13(20)6-8-14/h4-11H,3H2,1-2H3,(H,21,22,23)/b17-11-. The average molecular weight is 372 g/mol. The van der Waals surface area contributed by atoms with Gasteiger partial charge in [0.2, 0.25) is 0 Å². The molecule has 0 aliphatic carbocycles. The van der Waals surface area contributed by atoms with E-state index in [0.717, 1.165) is 5.56 Å². The molecule has 5 nitrogen and oxygen atoms in total. The fourth-order valence-electron chi connectivity index (χ4n) is 2.31. The van der Waals surface area contributed by atoms with E-state index < -0.39 is 0 Å². The Bertz CT molecular complexity index is 879. The number of carbonyl (C=O) groups excluding carboxylic acids is 1. The fourth-order valence-corrected chi connectivity index (χ4v) is 3.16. The lowest BCUT2D eigenvalue weighted by molar-refractivity contribution is -0.115. The molecule has 26 heavy (non-hydrogen) atoms. The van der Waals surface area contributed by atoms with Crippen molar-refractivity contribution in [2.75, 3.05) is 13.7 Å². The maximum absolute atomic E-state index is 13.0. The Hall–Kier alpha value is -2.80. The van der Waals surface area contributed by atoms with Gasteiger partial charge in [-0.1, -0.05) is 6.07 Å². The van der Waals surface area contributed by atoms with Gasteiger partial charge in [0.05, 0.1) is 24.3 Å². The maximum Gasteiger partial charge on any atom is 0.264 e. The van der Waals surface area contributed by atoms with E-state index in [9.17, 15) is 9.18 Å². The van der Waals surface area contributed by atoms with E-state index in [1.54, 1.807) is 37.5 Å². The van der Waals surface area contributed by atoms with Crippen molar-refractivity contribution in [2.45, 2.75) is 6.92 Å². The second kappa shape index (κ2) is 8.05. The summed E-state index contributed by atoms with van der Waals surface area (Å²) < 4.78 is 23.8. The third kappa shape index (κ3) is 4.23. The van der Waals surface area contributed by atoms with Crippen LogP contribution < -0.4 is 14.8 Å². The summed E-state index contributed by atoms with van der Waals surface area (Å²) in [5, 5.41) is 3.15. The Morgan fingerprint density at radius 2 is 1.96 bits per heavy atom. The summed E-state index contributed by atoms with van der Waals surface area (Å²) >= 11 is 1.23. The number of amidine groups is 1. The van der Waals surface area contributed by atoms with Gasteiger partial charge in [0.1, 0.15) is 5.82 Å². The van der Waals surface area contributed by atoms with Crippen LogP contribution in [0.1, 0.15) is 12.5 Å². The first-order chi connectivity index (χ1) is 12.6. The summed E-state index contributed by atoms with van der Waals surface area (Å²) in [5.74, 6) is 0.690. The first-order valence-electron chi connectivity index (χ1n) is 7.95. The van der Waals surface area contributed by atoms with Crippen LogP contribution in [0.15, 0.2) is 52.4 Å². The van der Waals surface area contributed by atoms with Crippen LogP contribution in [0.4, 0.5) is 10.1 Å². The molecule has 1 N–H and O–H groups in total. The molecule has 7 heteroatoms. The number of rotatable bonds is 5. The van der Waals surface area contributed by atoms with Gasteiger partial charge in [-0.3, -0.25) is 4.79 Å². The van der Waals surface area contributed by atoms with E-state index in [4.69, 9.17) is 9.47 Å². The van der Waals surface area contributed by atoms with Crippen molar-refractivity contribution in [1.29, 1.82) is 0 Å². The summed E-state index contributed by atoms with van der Waals surface area (Å²) in [6, 6.07) is 11.2. The smallest absolute Gasteiger partial charge is 0.264 e. The van der Waals surface area contributed by atoms with Crippen molar-refractivity contribution in [3.8, 4) is 11.5 Å². The summed E-state index contributed by atoms with van der Waals surface area (Å²) in [4.78, 5) is 17.0. The van der Waals surface area contributed by atoms with Gasteiger partial charge in [-0.2, -0.15) is 0 Å². The number of ether oxygens (including phenoxy) is 2. The van der Waals surface area contributed by atoms with E-state index >= 15 is 0 Å². The molecule has 0 unspecified atom stereocenters. The van der Waals surface area contributed by atoms with E-state index in [1.165, 1.54) is 23.9 Å². The molecule has 3 rings (SSSR count). The van der Waals surface area contributed by atoms with Crippen molar-refractivity contribution in [1.82, 2.24) is 5.32 Å². The average Bonchev–Trinajstić information content (AvgIpc) is 2.97. The number of aliphatic imine (C=N–C) groups is 1. The van der Waals surface area contributed by atoms with Crippen LogP contribution in [0.25, 0.3) is 6.08 Å². The number of hydrogen-bond donors (Lipinski definition) is 1. The molecule has 1 aliphatic heterocycles. The molecule has 134 valence electrons. The third-order valence-corrected chi connectivity index (χ3v) is 4.40. The zero-order valence-electron chi connectivity index (χ0n) is 14.3. The zero-order valence-corrected chi connectivity index (χ0v) is 15.1. The Morgan fingerprint density at radius 3 is 2.65 bits per heavy atom. The van der Waals surface area contributed by atoms with Gasteiger partial charge >= 0.3 is 0 Å². The molecule has 0 atom stereocenters. The SMILES string of the molecule is CCOc1ccc(/C=C2\SC(=Nc3ccc(F)cc3)NC2=O)cc1OC. The fraction of sp³-hybridized carbons (Fsp3) is 0.158. The topological polar surface area (TPSA) is 59.9 Å². The van der Waals surface area contributed by atoms with E-state index in [1.807, 2.05) is 13.0 Å². The lowest BCUT2D eigenvalue weighted by Crippen LogP contribution is -2.19. The van der Waals surface area contributed by atoms with Crippen molar-refractivity contribution in [3.05, 3.63) is 58.8 Å². The molecule has 1 fully saturated rings. The Balaban J connectivity index is 1.81. The second-order valence-corrected chi connectivity index (χ2v) is 6.33. The molecule has 1 aliphatic rings. The van der Waals surface area contributed by atoms with Gasteiger partial charge < -0.3 is 14.8 Å². The van der Waals surface area contributed by atoms with Gasteiger partial charge in [-0.15, -0.1) is 0 Å². The van der Waals surface area contributed by atoms with Crippen LogP contribution in [0.5, 0.6) is 11.5 Å². The summed E-state index contributed by atoms with van der Waals surface area (Å²) in [6.45, 7) is 2.44. The predicted molar refractivity (Wildman–Crippen MR) is 101 cm³/mol. The van der Waals surface area contributed by atoms with Crippen molar-refractivity contribution < 1.29 is 18.7 Å². The highest BCUT2D eigenvalue weighted by Gasteiger charge is 2.24. The Labute approximate surface area is 154 Å². The molecular weight excluding hydrogens is 355 g/mol. The van der Waals surface area contributed by atoms with Gasteiger partial charge in [-0.25, -0.2) is 9.38 Å². The molecule has 0 bridgehead atoms. The van der Waals surface area contributed by atoms with Crippen LogP contribution in [-0.2, 0) is 4.79 Å². The number of amides is 1. The molecule has 2 aromatic rings. The van der Waals surface area contributed by atoms with Crippen molar-refractivity contribution >= 4 is 34.6 Å². The van der Waals surface area contributed by atoms with E-state index in [-0.39, 0.29) is 11.7 Å². The molecule has 0 spiro atoms. The second-order valence-electron chi connectivity index (χ2n) is 5.30. The summed E-state index contributed by atoms with van der Waals surface area (Å²) in [7, 11) is 1.57. The monoisotopic (exact) mass is 372 g/mol. The Kier molecular flexibility index (Phi) is 5.58. The van der Waals surface area contributed by atoms with Gasteiger partial charge in [0.25, 0.3) is 5.91 Å². The van der Waals surface area contributed by atoms with Crippen LogP contribution in [-0.4, -0.2) is 24.8 Å². The molecule has 0 aromatic heterocycles. The third-order valence-electron chi connectivity index (χ3n) is 3.49. The minimum absolute atomic E-state index is 0.233. The van der Waals surface area contributed by atoms with Gasteiger partial charge in [0, 0.05) is 0 Å². The van der Waals surface area contributed by atoms with Crippen molar-refractivity contribution in [2.24, 2.45) is 4.99 Å². The maximum atomic E-state index is 13.0. The highest BCUT2D eigenvalue weighted by molar-refractivity contribution is 8.18. The number of methoxy groups -OCH3 is 1. The number of benzene rings is 2. The largest absolute Gasteiger partial charge is 0.493 e. The summed E-state index contributed by atoms with van der Waals surface area (Å²) in [6.07, 6.45) is 1.76.